The minimum Gasteiger partial charge on any atom is -0.481 e. The Balaban J connectivity index is 2.05. The highest BCUT2D eigenvalue weighted by Crippen LogP contribution is 2.05. The van der Waals surface area contributed by atoms with Crippen LogP contribution in [0.25, 0.3) is 0 Å². The van der Waals surface area contributed by atoms with Gasteiger partial charge in [-0.3, -0.25) is 4.79 Å². The number of hydrogen-bond donors (Lipinski definition) is 2. The van der Waals surface area contributed by atoms with Gasteiger partial charge >= 0.3 is 5.97 Å². The van der Waals surface area contributed by atoms with Gasteiger partial charge in [-0.15, -0.1) is 0 Å². The van der Waals surface area contributed by atoms with Crippen LogP contribution >= 0.6 is 0 Å². The van der Waals surface area contributed by atoms with Gasteiger partial charge in [0, 0.05) is 13.0 Å². The quantitative estimate of drug-likeness (QED) is 0.661. The van der Waals surface area contributed by atoms with Crippen LogP contribution in [0.15, 0.2) is 24.3 Å². The van der Waals surface area contributed by atoms with Gasteiger partial charge in [0.25, 0.3) is 0 Å². The van der Waals surface area contributed by atoms with Crippen molar-refractivity contribution in [3.63, 3.8) is 0 Å². The van der Waals surface area contributed by atoms with Crippen LogP contribution in [0.1, 0.15) is 43.7 Å². The molecule has 0 unspecified atom stereocenters. The Morgan fingerprint density at radius 1 is 1.11 bits per heavy atom. The molecule has 0 aliphatic rings. The predicted octanol–water partition coefficient (Wildman–Crippen LogP) is 2.98. The van der Waals surface area contributed by atoms with E-state index in [-0.39, 0.29) is 0 Å². The zero-order chi connectivity index (χ0) is 13.2. The Morgan fingerprint density at radius 3 is 2.39 bits per heavy atom. The maximum Gasteiger partial charge on any atom is 0.303 e. The second kappa shape index (κ2) is 8.70. The molecule has 0 spiro atoms. The first kappa shape index (κ1) is 14.7. The highest BCUT2D eigenvalue weighted by atomic mass is 16.4. The lowest BCUT2D eigenvalue weighted by Crippen LogP contribution is -2.14. The van der Waals surface area contributed by atoms with Gasteiger partial charge in [-0.2, -0.15) is 0 Å². The van der Waals surface area contributed by atoms with E-state index in [1.54, 1.807) is 0 Å². The van der Waals surface area contributed by atoms with Crippen molar-refractivity contribution in [1.82, 2.24) is 5.32 Å². The number of aliphatic carboxylic acids is 1. The molecule has 0 amide bonds. The number of rotatable bonds is 9. The highest BCUT2D eigenvalue weighted by molar-refractivity contribution is 5.66. The monoisotopic (exact) mass is 249 g/mol. The van der Waals surface area contributed by atoms with E-state index in [9.17, 15) is 4.79 Å². The van der Waals surface area contributed by atoms with E-state index < -0.39 is 5.97 Å². The number of unbranched alkanes of at least 4 members (excludes halogenated alkanes) is 2. The van der Waals surface area contributed by atoms with Gasteiger partial charge in [0.15, 0.2) is 0 Å². The first-order valence-electron chi connectivity index (χ1n) is 6.72. The average Bonchev–Trinajstić information content (AvgIpc) is 2.38. The molecule has 2 N–H and O–H groups in total. The molecule has 0 saturated heterocycles. The molecule has 100 valence electrons. The third kappa shape index (κ3) is 6.40. The number of carbonyl (C=O) groups is 1. The lowest BCUT2D eigenvalue weighted by molar-refractivity contribution is -0.137. The Bertz CT molecular complexity index is 346. The summed E-state index contributed by atoms with van der Waals surface area (Å²) in [5, 5.41) is 11.9. The molecule has 0 aliphatic carbocycles. The van der Waals surface area contributed by atoms with Crippen LogP contribution in [0.5, 0.6) is 0 Å². The lowest BCUT2D eigenvalue weighted by Gasteiger charge is -2.05. The first-order chi connectivity index (χ1) is 8.72. The van der Waals surface area contributed by atoms with E-state index in [1.165, 1.54) is 11.1 Å². The predicted molar refractivity (Wildman–Crippen MR) is 73.6 cm³/mol. The molecule has 0 aliphatic heterocycles. The second-order valence-corrected chi connectivity index (χ2v) is 4.55. The fourth-order valence-corrected chi connectivity index (χ4v) is 1.83. The van der Waals surface area contributed by atoms with Crippen molar-refractivity contribution in [3.8, 4) is 0 Å². The van der Waals surface area contributed by atoms with E-state index >= 15 is 0 Å². The van der Waals surface area contributed by atoms with Crippen molar-refractivity contribution >= 4 is 5.97 Å². The maximum atomic E-state index is 10.3. The van der Waals surface area contributed by atoms with E-state index in [2.05, 4.69) is 36.5 Å². The molecule has 0 aromatic heterocycles. The van der Waals surface area contributed by atoms with Crippen LogP contribution in [0, 0.1) is 0 Å². The van der Waals surface area contributed by atoms with Crippen molar-refractivity contribution in [3.05, 3.63) is 35.4 Å². The van der Waals surface area contributed by atoms with Gasteiger partial charge < -0.3 is 10.4 Å². The van der Waals surface area contributed by atoms with E-state index in [4.69, 9.17) is 5.11 Å². The molecular weight excluding hydrogens is 226 g/mol. The topological polar surface area (TPSA) is 49.3 Å². The number of benzene rings is 1. The first-order valence-corrected chi connectivity index (χ1v) is 6.72. The molecule has 0 atom stereocenters. The molecular formula is C15H23NO2. The van der Waals surface area contributed by atoms with Crippen LogP contribution in [-0.2, 0) is 17.8 Å². The molecule has 0 heterocycles. The van der Waals surface area contributed by atoms with Crippen LogP contribution in [0.2, 0.25) is 0 Å². The number of carboxylic acids is 1. The number of nitrogens with one attached hydrogen (secondary N) is 1. The molecule has 1 rings (SSSR count). The molecule has 0 bridgehead atoms. The van der Waals surface area contributed by atoms with Crippen LogP contribution in [0.3, 0.4) is 0 Å². The van der Waals surface area contributed by atoms with E-state index in [0.29, 0.717) is 6.42 Å². The molecule has 3 heteroatoms. The van der Waals surface area contributed by atoms with Gasteiger partial charge in [0.05, 0.1) is 0 Å². The number of hydrogen-bond acceptors (Lipinski definition) is 2. The minimum absolute atomic E-state index is 0.290. The Labute approximate surface area is 109 Å². The second-order valence-electron chi connectivity index (χ2n) is 4.55. The summed E-state index contributed by atoms with van der Waals surface area (Å²) in [4.78, 5) is 10.3. The summed E-state index contributed by atoms with van der Waals surface area (Å²) in [6.07, 6.45) is 4.17. The van der Waals surface area contributed by atoms with Gasteiger partial charge in [-0.05, 0) is 36.9 Å². The Hall–Kier alpha value is -1.35. The molecule has 0 radical (unpaired) electrons. The van der Waals surface area contributed by atoms with E-state index in [1.807, 2.05) is 0 Å². The number of aryl methyl sites for hydroxylation is 1. The van der Waals surface area contributed by atoms with Crippen molar-refractivity contribution in [1.29, 1.82) is 0 Å². The molecule has 18 heavy (non-hydrogen) atoms. The summed E-state index contributed by atoms with van der Waals surface area (Å²) in [7, 11) is 0. The molecule has 0 saturated carbocycles. The summed E-state index contributed by atoms with van der Waals surface area (Å²) < 4.78 is 0. The molecule has 1 aromatic rings. The van der Waals surface area contributed by atoms with Crippen molar-refractivity contribution in [2.45, 2.75) is 45.6 Å². The summed E-state index contributed by atoms with van der Waals surface area (Å²) in [5.41, 5.74) is 2.67. The van der Waals surface area contributed by atoms with Gasteiger partial charge in [-0.25, -0.2) is 0 Å². The summed E-state index contributed by atoms with van der Waals surface area (Å²) >= 11 is 0. The van der Waals surface area contributed by atoms with Crippen molar-refractivity contribution in [2.24, 2.45) is 0 Å². The normalized spacial score (nSPS) is 10.5. The average molecular weight is 249 g/mol. The largest absolute Gasteiger partial charge is 0.481 e. The van der Waals surface area contributed by atoms with Gasteiger partial charge in [-0.1, -0.05) is 37.6 Å². The lowest BCUT2D eigenvalue weighted by atomic mass is 10.1. The SMILES string of the molecule is CCc1ccc(CNCCCCCC(=O)O)cc1. The Morgan fingerprint density at radius 2 is 1.78 bits per heavy atom. The van der Waals surface area contributed by atoms with Gasteiger partial charge in [0.2, 0.25) is 0 Å². The van der Waals surface area contributed by atoms with Crippen LogP contribution < -0.4 is 5.32 Å². The van der Waals surface area contributed by atoms with Crippen LogP contribution in [-0.4, -0.2) is 17.6 Å². The summed E-state index contributed by atoms with van der Waals surface area (Å²) in [5.74, 6) is -0.695. The summed E-state index contributed by atoms with van der Waals surface area (Å²) in [6.45, 7) is 4.00. The smallest absolute Gasteiger partial charge is 0.303 e. The molecule has 3 nitrogen and oxygen atoms in total. The minimum atomic E-state index is -0.695. The molecule has 1 aromatic carbocycles. The number of carboxylic acid groups (broad SMARTS) is 1. The Kier molecular flexibility index (Phi) is 7.11. The molecule has 0 fully saturated rings. The fraction of sp³-hybridized carbons (Fsp3) is 0.533. The zero-order valence-electron chi connectivity index (χ0n) is 11.1. The van der Waals surface area contributed by atoms with Crippen molar-refractivity contribution < 1.29 is 9.90 Å². The van der Waals surface area contributed by atoms with Gasteiger partial charge in [0.1, 0.15) is 0 Å². The third-order valence-electron chi connectivity index (χ3n) is 3.00. The van der Waals surface area contributed by atoms with Crippen LogP contribution in [0.4, 0.5) is 0 Å². The highest BCUT2D eigenvalue weighted by Gasteiger charge is 1.97. The standard InChI is InChI=1S/C15H23NO2/c1-2-13-7-9-14(10-8-13)12-16-11-5-3-4-6-15(17)18/h7-10,16H,2-6,11-12H2,1H3,(H,17,18). The third-order valence-corrected chi connectivity index (χ3v) is 3.00. The summed E-state index contributed by atoms with van der Waals surface area (Å²) in [6, 6.07) is 8.67. The zero-order valence-corrected chi connectivity index (χ0v) is 11.1. The van der Waals surface area contributed by atoms with Crippen molar-refractivity contribution in [2.75, 3.05) is 6.54 Å². The fourth-order valence-electron chi connectivity index (χ4n) is 1.83. The van der Waals surface area contributed by atoms with E-state index in [0.717, 1.165) is 38.8 Å². The maximum absolute atomic E-state index is 10.3.